The van der Waals surface area contributed by atoms with E-state index in [1.807, 2.05) is 37.3 Å². The van der Waals surface area contributed by atoms with Crippen LogP contribution >= 0.6 is 0 Å². The van der Waals surface area contributed by atoms with Gasteiger partial charge in [0.05, 0.1) is 16.7 Å². The highest BCUT2D eigenvalue weighted by atomic mass is 16.2. The second-order valence-corrected chi connectivity index (χ2v) is 9.78. The zero-order valence-corrected chi connectivity index (χ0v) is 19.5. The Morgan fingerprint density at radius 1 is 0.971 bits per heavy atom. The van der Waals surface area contributed by atoms with Crippen LogP contribution in [0.1, 0.15) is 63.9 Å². The average molecular weight is 454 g/mol. The minimum atomic E-state index is -0.320. The molecule has 1 N–H and O–H groups in total. The molecule has 4 aromatic rings. The number of nitrogens with one attached hydrogen (secondary N) is 1. The first-order valence-electron chi connectivity index (χ1n) is 12.1. The van der Waals surface area contributed by atoms with Gasteiger partial charge in [0.25, 0.3) is 11.8 Å². The van der Waals surface area contributed by atoms with Crippen LogP contribution in [-0.2, 0) is 13.5 Å². The van der Waals surface area contributed by atoms with Crippen molar-refractivity contribution in [1.82, 2.24) is 9.55 Å². The van der Waals surface area contributed by atoms with E-state index in [9.17, 15) is 14.4 Å². The maximum Gasteiger partial charge on any atom is 0.326 e. The van der Waals surface area contributed by atoms with Crippen LogP contribution in [0, 0.1) is 12.8 Å². The number of aromatic nitrogens is 2. The SMILES string of the molecule is Cc1cc2[nH]c(=O)n(C)c2cc1N1C(=O)c2cccc3c(CCC4CCCC4)ccc(c23)C1=O. The van der Waals surface area contributed by atoms with Crippen LogP contribution in [0.15, 0.2) is 47.3 Å². The Morgan fingerprint density at radius 2 is 1.71 bits per heavy atom. The van der Waals surface area contributed by atoms with E-state index >= 15 is 0 Å². The number of anilines is 1. The first-order chi connectivity index (χ1) is 16.4. The number of fused-ring (bicyclic) bond motifs is 1. The molecule has 6 rings (SSSR count). The van der Waals surface area contributed by atoms with Crippen LogP contribution < -0.4 is 10.6 Å². The molecule has 2 heterocycles. The zero-order chi connectivity index (χ0) is 23.6. The largest absolute Gasteiger partial charge is 0.326 e. The molecule has 1 aliphatic carbocycles. The lowest BCUT2D eigenvalue weighted by molar-refractivity contribution is 0.0893. The number of aromatic amines is 1. The molecular formula is C28H27N3O3. The van der Waals surface area contributed by atoms with Crippen molar-refractivity contribution in [3.05, 3.63) is 75.2 Å². The minimum absolute atomic E-state index is 0.233. The van der Waals surface area contributed by atoms with Gasteiger partial charge >= 0.3 is 5.69 Å². The van der Waals surface area contributed by atoms with E-state index in [1.165, 1.54) is 40.7 Å². The zero-order valence-electron chi connectivity index (χ0n) is 19.5. The summed E-state index contributed by atoms with van der Waals surface area (Å²) in [4.78, 5) is 43.6. The van der Waals surface area contributed by atoms with Crippen molar-refractivity contribution in [2.24, 2.45) is 13.0 Å². The fourth-order valence-electron chi connectivity index (χ4n) is 5.86. The lowest BCUT2D eigenvalue weighted by Gasteiger charge is -2.29. The van der Waals surface area contributed by atoms with Gasteiger partial charge < -0.3 is 4.98 Å². The standard InChI is InChI=1S/C28H27N3O3/c1-16-14-22-24(30(2)28(34)29-22)15-23(16)31-26(32)20-9-5-8-19-18(11-10-17-6-3-4-7-17)12-13-21(25(19)20)27(31)33/h5,8-9,12-15,17H,3-4,6-7,10-11H2,1-2H3,(H,29,34). The van der Waals surface area contributed by atoms with Crippen LogP contribution in [0.3, 0.4) is 0 Å². The van der Waals surface area contributed by atoms with Gasteiger partial charge in [0.15, 0.2) is 0 Å². The highest BCUT2D eigenvalue weighted by Crippen LogP contribution is 2.37. The molecule has 172 valence electrons. The Kier molecular flexibility index (Phi) is 4.73. The van der Waals surface area contributed by atoms with Crippen LogP contribution in [0.5, 0.6) is 0 Å². The molecule has 34 heavy (non-hydrogen) atoms. The van der Waals surface area contributed by atoms with Crippen LogP contribution in [-0.4, -0.2) is 21.4 Å². The molecule has 3 aromatic carbocycles. The predicted molar refractivity (Wildman–Crippen MR) is 134 cm³/mol. The second-order valence-electron chi connectivity index (χ2n) is 9.78. The molecule has 1 fully saturated rings. The summed E-state index contributed by atoms with van der Waals surface area (Å²) in [6, 6.07) is 13.3. The summed E-state index contributed by atoms with van der Waals surface area (Å²) in [5, 5.41) is 1.78. The first kappa shape index (κ1) is 20.9. The molecule has 0 radical (unpaired) electrons. The number of rotatable bonds is 4. The van der Waals surface area contributed by atoms with Gasteiger partial charge in [-0.15, -0.1) is 0 Å². The van der Waals surface area contributed by atoms with E-state index in [2.05, 4.69) is 11.1 Å². The van der Waals surface area contributed by atoms with Gasteiger partial charge in [-0.05, 0) is 66.5 Å². The molecule has 1 saturated carbocycles. The van der Waals surface area contributed by atoms with Crippen molar-refractivity contribution < 1.29 is 9.59 Å². The molecule has 2 aliphatic rings. The topological polar surface area (TPSA) is 75.2 Å². The van der Waals surface area contributed by atoms with E-state index in [-0.39, 0.29) is 17.5 Å². The number of hydrogen-bond donors (Lipinski definition) is 1. The summed E-state index contributed by atoms with van der Waals surface area (Å²) in [6.45, 7) is 1.85. The Labute approximate surface area is 197 Å². The number of carbonyl (C=O) groups excluding carboxylic acids is 2. The van der Waals surface area contributed by atoms with Gasteiger partial charge in [0.2, 0.25) is 0 Å². The van der Waals surface area contributed by atoms with E-state index in [0.29, 0.717) is 27.8 Å². The van der Waals surface area contributed by atoms with Crippen molar-refractivity contribution in [2.75, 3.05) is 4.90 Å². The van der Waals surface area contributed by atoms with E-state index in [0.717, 1.165) is 35.1 Å². The average Bonchev–Trinajstić information content (AvgIpc) is 3.44. The number of imide groups is 1. The highest BCUT2D eigenvalue weighted by Gasteiger charge is 2.35. The molecule has 2 amide bonds. The van der Waals surface area contributed by atoms with Crippen LogP contribution in [0.2, 0.25) is 0 Å². The molecular weight excluding hydrogens is 426 g/mol. The fourth-order valence-corrected chi connectivity index (χ4v) is 5.86. The van der Waals surface area contributed by atoms with Crippen molar-refractivity contribution in [3.63, 3.8) is 0 Å². The second kappa shape index (κ2) is 7.69. The number of benzene rings is 3. The van der Waals surface area contributed by atoms with Gasteiger partial charge in [0.1, 0.15) is 0 Å². The van der Waals surface area contributed by atoms with Gasteiger partial charge in [0, 0.05) is 23.6 Å². The Morgan fingerprint density at radius 3 is 2.47 bits per heavy atom. The number of H-pyrrole nitrogens is 1. The van der Waals surface area contributed by atoms with Crippen molar-refractivity contribution in [1.29, 1.82) is 0 Å². The fraction of sp³-hybridized carbons (Fsp3) is 0.321. The van der Waals surface area contributed by atoms with Crippen molar-refractivity contribution >= 4 is 39.3 Å². The third-order valence-electron chi connectivity index (χ3n) is 7.76. The van der Waals surface area contributed by atoms with Gasteiger partial charge in [-0.1, -0.05) is 43.9 Å². The summed E-state index contributed by atoms with van der Waals surface area (Å²) in [7, 11) is 1.67. The normalized spacial score (nSPS) is 16.4. The van der Waals surface area contributed by atoms with Crippen LogP contribution in [0.4, 0.5) is 5.69 Å². The van der Waals surface area contributed by atoms with E-state index < -0.39 is 0 Å². The maximum absolute atomic E-state index is 13.7. The molecule has 6 heteroatoms. The lowest BCUT2D eigenvalue weighted by Crippen LogP contribution is -2.41. The third kappa shape index (κ3) is 3.05. The quantitative estimate of drug-likeness (QED) is 0.429. The molecule has 1 aliphatic heterocycles. The molecule has 0 unspecified atom stereocenters. The summed E-state index contributed by atoms with van der Waals surface area (Å²) in [6.07, 6.45) is 7.40. The number of amides is 2. The smallest absolute Gasteiger partial charge is 0.306 e. The number of carbonyl (C=O) groups is 2. The predicted octanol–water partition coefficient (Wildman–Crippen LogP) is 5.25. The Balaban J connectivity index is 1.45. The summed E-state index contributed by atoms with van der Waals surface area (Å²) in [5.41, 5.74) is 4.67. The third-order valence-corrected chi connectivity index (χ3v) is 7.76. The highest BCUT2D eigenvalue weighted by molar-refractivity contribution is 6.36. The summed E-state index contributed by atoms with van der Waals surface area (Å²) < 4.78 is 1.49. The minimum Gasteiger partial charge on any atom is -0.306 e. The summed E-state index contributed by atoms with van der Waals surface area (Å²) >= 11 is 0. The molecule has 6 nitrogen and oxygen atoms in total. The molecule has 0 atom stereocenters. The number of aryl methyl sites for hydroxylation is 3. The lowest BCUT2D eigenvalue weighted by atomic mass is 9.88. The maximum atomic E-state index is 13.7. The first-order valence-corrected chi connectivity index (χ1v) is 12.1. The van der Waals surface area contributed by atoms with E-state index in [4.69, 9.17) is 0 Å². The molecule has 1 aromatic heterocycles. The molecule has 0 bridgehead atoms. The van der Waals surface area contributed by atoms with Gasteiger partial charge in [-0.3, -0.25) is 14.2 Å². The summed E-state index contributed by atoms with van der Waals surface area (Å²) in [5.74, 6) is 0.143. The number of hydrogen-bond acceptors (Lipinski definition) is 3. The molecule has 0 spiro atoms. The van der Waals surface area contributed by atoms with E-state index in [1.54, 1.807) is 13.1 Å². The van der Waals surface area contributed by atoms with Gasteiger partial charge in [-0.25, -0.2) is 9.69 Å². The Hall–Kier alpha value is -3.67. The number of nitrogens with zero attached hydrogens (tertiary/aromatic N) is 2. The van der Waals surface area contributed by atoms with Crippen molar-refractivity contribution in [2.45, 2.75) is 45.4 Å². The monoisotopic (exact) mass is 453 g/mol. The number of imidazole rings is 1. The molecule has 0 saturated heterocycles. The van der Waals surface area contributed by atoms with Crippen LogP contribution in [0.25, 0.3) is 21.8 Å². The van der Waals surface area contributed by atoms with Crippen molar-refractivity contribution in [3.8, 4) is 0 Å². The van der Waals surface area contributed by atoms with Gasteiger partial charge in [-0.2, -0.15) is 0 Å². The Bertz CT molecular complexity index is 1530.